The minimum absolute atomic E-state index is 0.0238. The number of nitrogens with zero attached hydrogens (tertiary/aromatic N) is 2. The Bertz CT molecular complexity index is 826. The Hall–Kier alpha value is -2.21. The highest BCUT2D eigenvalue weighted by molar-refractivity contribution is 8.00. The van der Waals surface area contributed by atoms with E-state index in [9.17, 15) is 9.59 Å². The highest BCUT2D eigenvalue weighted by Gasteiger charge is 2.24. The van der Waals surface area contributed by atoms with Crippen molar-refractivity contribution >= 4 is 17.7 Å². The molecule has 0 saturated carbocycles. The van der Waals surface area contributed by atoms with E-state index in [2.05, 4.69) is 0 Å². The molecule has 1 aromatic heterocycles. The fourth-order valence-corrected chi connectivity index (χ4v) is 4.05. The minimum atomic E-state index is 0.0238. The molecule has 1 aliphatic rings. The maximum atomic E-state index is 12.5. The summed E-state index contributed by atoms with van der Waals surface area (Å²) in [6.07, 6.45) is 3.63. The molecule has 0 N–H and O–H groups in total. The molecular weight excluding hydrogens is 348 g/mol. The van der Waals surface area contributed by atoms with Gasteiger partial charge in [0.25, 0.3) is 5.56 Å². The molecule has 3 rings (SSSR count). The van der Waals surface area contributed by atoms with Gasteiger partial charge in [-0.2, -0.15) is 0 Å². The van der Waals surface area contributed by atoms with Gasteiger partial charge in [0, 0.05) is 37.3 Å². The second-order valence-corrected chi connectivity index (χ2v) is 7.58. The SMILES string of the molecule is COc1cccc(SCC(=O)N2CCC(c3ccn(C)c(=O)c3)CC2)c1. The molecule has 138 valence electrons. The monoisotopic (exact) mass is 372 g/mol. The third-order valence-corrected chi connectivity index (χ3v) is 5.83. The number of benzene rings is 1. The Morgan fingerprint density at radius 3 is 2.69 bits per heavy atom. The number of likely N-dealkylation sites (tertiary alicyclic amines) is 1. The lowest BCUT2D eigenvalue weighted by atomic mass is 9.90. The second-order valence-electron chi connectivity index (χ2n) is 6.53. The molecule has 0 unspecified atom stereocenters. The number of carbonyl (C=O) groups excluding carboxylic acids is 1. The Balaban J connectivity index is 1.51. The van der Waals surface area contributed by atoms with Crippen molar-refractivity contribution in [1.82, 2.24) is 9.47 Å². The first-order valence-corrected chi connectivity index (χ1v) is 9.76. The summed E-state index contributed by atoms with van der Waals surface area (Å²) in [4.78, 5) is 27.3. The summed E-state index contributed by atoms with van der Waals surface area (Å²) >= 11 is 1.54. The van der Waals surface area contributed by atoms with Crippen LogP contribution >= 0.6 is 11.8 Å². The molecule has 6 heteroatoms. The van der Waals surface area contributed by atoms with Gasteiger partial charge in [0.2, 0.25) is 5.91 Å². The lowest BCUT2D eigenvalue weighted by molar-refractivity contribution is -0.129. The summed E-state index contributed by atoms with van der Waals surface area (Å²) in [6.45, 7) is 1.49. The van der Waals surface area contributed by atoms with Crippen LogP contribution in [-0.4, -0.2) is 41.3 Å². The van der Waals surface area contributed by atoms with Crippen molar-refractivity contribution in [3.05, 3.63) is 58.5 Å². The van der Waals surface area contributed by atoms with Crippen LogP contribution in [0.3, 0.4) is 0 Å². The standard InChI is InChI=1S/C20H24N2O3S/c1-21-9-6-16(12-19(21)23)15-7-10-22(11-8-15)20(24)14-26-18-5-3-4-17(13-18)25-2/h3-6,9,12-13,15H,7-8,10-11,14H2,1-2H3. The third kappa shape index (κ3) is 4.49. The molecule has 0 bridgehead atoms. The van der Waals surface area contributed by atoms with Crippen LogP contribution in [0, 0.1) is 0 Å². The van der Waals surface area contributed by atoms with Gasteiger partial charge in [-0.25, -0.2) is 0 Å². The first-order valence-electron chi connectivity index (χ1n) is 8.78. The summed E-state index contributed by atoms with van der Waals surface area (Å²) < 4.78 is 6.80. The van der Waals surface area contributed by atoms with Gasteiger partial charge in [0.15, 0.2) is 0 Å². The number of aromatic nitrogens is 1. The summed E-state index contributed by atoms with van der Waals surface area (Å²) in [5.41, 5.74) is 1.11. The molecule has 1 aromatic carbocycles. The van der Waals surface area contributed by atoms with Crippen molar-refractivity contribution in [2.75, 3.05) is 26.0 Å². The predicted molar refractivity (Wildman–Crippen MR) is 104 cm³/mol. The molecule has 2 aromatic rings. The van der Waals surface area contributed by atoms with Crippen LogP contribution in [0.4, 0.5) is 0 Å². The normalized spacial score (nSPS) is 15.1. The molecule has 1 saturated heterocycles. The molecule has 1 fully saturated rings. The molecule has 0 atom stereocenters. The number of ether oxygens (including phenoxy) is 1. The maximum absolute atomic E-state index is 12.5. The summed E-state index contributed by atoms with van der Waals surface area (Å²) in [5, 5.41) is 0. The van der Waals surface area contributed by atoms with Gasteiger partial charge in [0.05, 0.1) is 12.9 Å². The highest BCUT2D eigenvalue weighted by atomic mass is 32.2. The molecule has 5 nitrogen and oxygen atoms in total. The van der Waals surface area contributed by atoms with E-state index in [1.54, 1.807) is 24.8 Å². The average Bonchev–Trinajstić information content (AvgIpc) is 2.68. The number of rotatable bonds is 5. The first kappa shape index (κ1) is 18.6. The molecule has 0 aliphatic carbocycles. The van der Waals surface area contributed by atoms with Crippen molar-refractivity contribution in [2.45, 2.75) is 23.7 Å². The lowest BCUT2D eigenvalue weighted by Crippen LogP contribution is -2.39. The van der Waals surface area contributed by atoms with E-state index in [4.69, 9.17) is 4.74 Å². The number of hydrogen-bond donors (Lipinski definition) is 0. The van der Waals surface area contributed by atoms with Crippen molar-refractivity contribution in [2.24, 2.45) is 7.05 Å². The van der Waals surface area contributed by atoms with Crippen molar-refractivity contribution in [3.8, 4) is 5.75 Å². The zero-order valence-corrected chi connectivity index (χ0v) is 16.0. The van der Waals surface area contributed by atoms with Gasteiger partial charge in [-0.15, -0.1) is 11.8 Å². The number of aryl methyl sites for hydroxylation is 1. The van der Waals surface area contributed by atoms with Crippen LogP contribution in [0.5, 0.6) is 5.75 Å². The summed E-state index contributed by atoms with van der Waals surface area (Å²) in [7, 11) is 3.40. The van der Waals surface area contributed by atoms with Crippen LogP contribution in [0.1, 0.15) is 24.3 Å². The molecule has 0 radical (unpaired) electrons. The number of carbonyl (C=O) groups is 1. The van der Waals surface area contributed by atoms with Gasteiger partial charge < -0.3 is 14.2 Å². The Morgan fingerprint density at radius 2 is 2.00 bits per heavy atom. The second kappa shape index (κ2) is 8.45. The molecule has 1 aliphatic heterocycles. The quantitative estimate of drug-likeness (QED) is 0.758. The largest absolute Gasteiger partial charge is 0.497 e. The molecular formula is C20H24N2O3S. The number of thioether (sulfide) groups is 1. The highest BCUT2D eigenvalue weighted by Crippen LogP contribution is 2.28. The smallest absolute Gasteiger partial charge is 0.250 e. The van der Waals surface area contributed by atoms with Gasteiger partial charge in [-0.05, 0) is 48.6 Å². The fourth-order valence-electron chi connectivity index (χ4n) is 3.21. The summed E-state index contributed by atoms with van der Waals surface area (Å²) in [5.74, 6) is 1.76. The number of methoxy groups -OCH3 is 1. The van der Waals surface area contributed by atoms with Crippen LogP contribution < -0.4 is 10.3 Å². The van der Waals surface area contributed by atoms with Gasteiger partial charge >= 0.3 is 0 Å². The van der Waals surface area contributed by atoms with E-state index in [-0.39, 0.29) is 11.5 Å². The van der Waals surface area contributed by atoms with Crippen molar-refractivity contribution in [3.63, 3.8) is 0 Å². The number of amides is 1. The van der Waals surface area contributed by atoms with E-state index in [1.165, 1.54) is 11.8 Å². The Morgan fingerprint density at radius 1 is 1.23 bits per heavy atom. The Kier molecular flexibility index (Phi) is 6.04. The van der Waals surface area contributed by atoms with Crippen molar-refractivity contribution in [1.29, 1.82) is 0 Å². The molecule has 0 spiro atoms. The molecule has 26 heavy (non-hydrogen) atoms. The average molecular weight is 372 g/mol. The lowest BCUT2D eigenvalue weighted by Gasteiger charge is -2.32. The van der Waals surface area contributed by atoms with Crippen LogP contribution in [0.15, 0.2) is 52.3 Å². The van der Waals surface area contributed by atoms with Crippen LogP contribution in [0.2, 0.25) is 0 Å². The third-order valence-electron chi connectivity index (χ3n) is 4.85. The Labute approximate surface area is 158 Å². The summed E-state index contributed by atoms with van der Waals surface area (Å²) in [6, 6.07) is 11.5. The van der Waals surface area contributed by atoms with E-state index >= 15 is 0 Å². The van der Waals surface area contributed by atoms with Crippen LogP contribution in [-0.2, 0) is 11.8 Å². The number of piperidine rings is 1. The van der Waals surface area contributed by atoms with E-state index in [1.807, 2.05) is 41.4 Å². The zero-order chi connectivity index (χ0) is 18.5. The maximum Gasteiger partial charge on any atom is 0.250 e. The predicted octanol–water partition coefficient (Wildman–Crippen LogP) is 2.89. The van der Waals surface area contributed by atoms with Gasteiger partial charge in [0.1, 0.15) is 5.75 Å². The van der Waals surface area contributed by atoms with E-state index < -0.39 is 0 Å². The van der Waals surface area contributed by atoms with Gasteiger partial charge in [-0.3, -0.25) is 9.59 Å². The van der Waals surface area contributed by atoms with Crippen LogP contribution in [0.25, 0.3) is 0 Å². The zero-order valence-electron chi connectivity index (χ0n) is 15.2. The number of pyridine rings is 1. The number of hydrogen-bond acceptors (Lipinski definition) is 4. The fraction of sp³-hybridized carbons (Fsp3) is 0.400. The van der Waals surface area contributed by atoms with E-state index in [0.717, 1.165) is 42.1 Å². The van der Waals surface area contributed by atoms with E-state index in [0.29, 0.717) is 11.7 Å². The minimum Gasteiger partial charge on any atom is -0.497 e. The first-order chi connectivity index (χ1) is 12.6. The molecule has 2 heterocycles. The van der Waals surface area contributed by atoms with Crippen molar-refractivity contribution < 1.29 is 9.53 Å². The van der Waals surface area contributed by atoms with Gasteiger partial charge in [-0.1, -0.05) is 6.07 Å². The topological polar surface area (TPSA) is 51.5 Å². The molecule has 1 amide bonds.